The van der Waals surface area contributed by atoms with E-state index in [0.717, 1.165) is 46.8 Å². The molecule has 1 amide bonds. The number of amides is 1. The molecule has 0 N–H and O–H groups in total. The normalized spacial score (nSPS) is 21.2. The van der Waals surface area contributed by atoms with Crippen molar-refractivity contribution < 1.29 is 19.1 Å². The number of aromatic nitrogens is 1. The quantitative estimate of drug-likeness (QED) is 0.584. The van der Waals surface area contributed by atoms with E-state index in [1.807, 2.05) is 32.0 Å². The van der Waals surface area contributed by atoms with Crippen molar-refractivity contribution >= 4 is 28.9 Å². The lowest BCUT2D eigenvalue weighted by molar-refractivity contribution is -0.150. The minimum atomic E-state index is -0.364. The summed E-state index contributed by atoms with van der Waals surface area (Å²) in [5.41, 5.74) is 2.68. The molecular weight excluding hydrogens is 424 g/mol. The Morgan fingerprint density at radius 2 is 1.94 bits per heavy atom. The van der Waals surface area contributed by atoms with Gasteiger partial charge in [0.25, 0.3) is 5.91 Å². The summed E-state index contributed by atoms with van der Waals surface area (Å²) in [4.78, 5) is 32.6. The van der Waals surface area contributed by atoms with Crippen LogP contribution in [0.4, 0.5) is 5.69 Å². The molecule has 2 aliphatic rings. The summed E-state index contributed by atoms with van der Waals surface area (Å²) in [6.07, 6.45) is 3.83. The first-order valence-corrected chi connectivity index (χ1v) is 12.1. The molecule has 0 unspecified atom stereocenters. The average molecular weight is 457 g/mol. The first-order valence-electron chi connectivity index (χ1n) is 11.3. The van der Waals surface area contributed by atoms with Crippen molar-refractivity contribution in [3.05, 3.63) is 28.1 Å². The van der Waals surface area contributed by atoms with E-state index in [9.17, 15) is 9.59 Å². The topological polar surface area (TPSA) is 68.7 Å². The van der Waals surface area contributed by atoms with E-state index in [1.54, 1.807) is 11.3 Å². The van der Waals surface area contributed by atoms with Gasteiger partial charge >= 0.3 is 5.97 Å². The Morgan fingerprint density at radius 3 is 2.56 bits per heavy atom. The molecule has 1 fully saturated rings. The van der Waals surface area contributed by atoms with Crippen molar-refractivity contribution in [1.82, 2.24) is 4.98 Å². The van der Waals surface area contributed by atoms with Crippen molar-refractivity contribution in [1.29, 1.82) is 0 Å². The van der Waals surface area contributed by atoms with E-state index in [1.165, 1.54) is 4.90 Å². The smallest absolute Gasteiger partial charge is 0.326 e. The molecule has 1 aromatic carbocycles. The first-order chi connectivity index (χ1) is 15.1. The van der Waals surface area contributed by atoms with Crippen LogP contribution in [-0.2, 0) is 14.3 Å². The number of benzene rings is 1. The Balaban J connectivity index is 1.46. The molecule has 6 nitrogen and oxygen atoms in total. The highest BCUT2D eigenvalue weighted by molar-refractivity contribution is 7.11. The van der Waals surface area contributed by atoms with Gasteiger partial charge in [0.15, 0.2) is 6.61 Å². The molecule has 0 bridgehead atoms. The molecule has 172 valence electrons. The molecule has 0 atom stereocenters. The summed E-state index contributed by atoms with van der Waals surface area (Å²) in [5, 5.41) is 0.990. The SMILES string of the molecule is Cc1nc(-c2ccc3c(c2)N(CC(=O)OC2CCC(C(C)(C)C)CC2)C(=O)CO3)c(C)s1. The fourth-order valence-corrected chi connectivity index (χ4v) is 5.56. The molecule has 4 rings (SSSR count). The van der Waals surface area contributed by atoms with Crippen LogP contribution >= 0.6 is 11.3 Å². The van der Waals surface area contributed by atoms with E-state index in [4.69, 9.17) is 9.47 Å². The molecule has 0 radical (unpaired) electrons. The van der Waals surface area contributed by atoms with Gasteiger partial charge in [-0.15, -0.1) is 11.3 Å². The summed E-state index contributed by atoms with van der Waals surface area (Å²) >= 11 is 1.64. The van der Waals surface area contributed by atoms with E-state index in [-0.39, 0.29) is 36.5 Å². The molecule has 1 saturated carbocycles. The van der Waals surface area contributed by atoms with Gasteiger partial charge in [-0.25, -0.2) is 4.98 Å². The van der Waals surface area contributed by atoms with Crippen molar-refractivity contribution in [3.8, 4) is 17.0 Å². The standard InChI is InChI=1S/C25H32N2O4S/c1-15-24(26-16(2)32-15)17-6-11-21-20(12-17)27(22(28)14-30-21)13-23(29)31-19-9-7-18(8-10-19)25(3,4)5/h6,11-12,18-19H,7-10,13-14H2,1-5H3. The van der Waals surface area contributed by atoms with Crippen LogP contribution < -0.4 is 9.64 Å². The Kier molecular flexibility index (Phi) is 6.30. The van der Waals surface area contributed by atoms with E-state index >= 15 is 0 Å². The molecule has 1 aliphatic carbocycles. The third-order valence-corrected chi connectivity index (χ3v) is 7.45. The highest BCUT2D eigenvalue weighted by Gasteiger charge is 2.33. The monoisotopic (exact) mass is 456 g/mol. The fraction of sp³-hybridized carbons (Fsp3) is 0.560. The second kappa shape index (κ2) is 8.85. The number of rotatable bonds is 4. The first kappa shape index (κ1) is 22.8. The lowest BCUT2D eigenvalue weighted by atomic mass is 9.72. The second-order valence-electron chi connectivity index (χ2n) is 9.92. The van der Waals surface area contributed by atoms with Crippen LogP contribution in [0.2, 0.25) is 0 Å². The average Bonchev–Trinajstić information content (AvgIpc) is 3.07. The predicted octanol–water partition coefficient (Wildman–Crippen LogP) is 5.30. The number of fused-ring (bicyclic) bond motifs is 1. The minimum absolute atomic E-state index is 0.0660. The summed E-state index contributed by atoms with van der Waals surface area (Å²) in [5.74, 6) is 0.642. The minimum Gasteiger partial charge on any atom is -0.482 e. The van der Waals surface area contributed by atoms with Crippen LogP contribution in [0.1, 0.15) is 56.3 Å². The molecule has 2 heterocycles. The zero-order valence-electron chi connectivity index (χ0n) is 19.6. The van der Waals surface area contributed by atoms with Crippen LogP contribution in [0.3, 0.4) is 0 Å². The van der Waals surface area contributed by atoms with E-state index < -0.39 is 0 Å². The van der Waals surface area contributed by atoms with E-state index in [0.29, 0.717) is 17.4 Å². The van der Waals surface area contributed by atoms with Gasteiger partial charge in [0, 0.05) is 10.4 Å². The van der Waals surface area contributed by atoms with Crippen LogP contribution in [0.15, 0.2) is 18.2 Å². The lowest BCUT2D eigenvalue weighted by Gasteiger charge is -2.37. The molecular formula is C25H32N2O4S. The maximum atomic E-state index is 12.8. The third kappa shape index (κ3) is 4.82. The van der Waals surface area contributed by atoms with Crippen molar-refractivity contribution in [3.63, 3.8) is 0 Å². The number of carbonyl (C=O) groups is 2. The van der Waals surface area contributed by atoms with Gasteiger partial charge in [-0.3, -0.25) is 14.5 Å². The van der Waals surface area contributed by atoms with Gasteiger partial charge in [-0.05, 0) is 69.1 Å². The molecule has 0 spiro atoms. The number of anilines is 1. The van der Waals surface area contributed by atoms with Crippen LogP contribution in [0.25, 0.3) is 11.3 Å². The number of hydrogen-bond acceptors (Lipinski definition) is 6. The maximum Gasteiger partial charge on any atom is 0.326 e. The molecule has 1 aromatic heterocycles. The van der Waals surface area contributed by atoms with Crippen LogP contribution in [0, 0.1) is 25.2 Å². The molecule has 7 heteroatoms. The Morgan fingerprint density at radius 1 is 1.22 bits per heavy atom. The maximum absolute atomic E-state index is 12.8. The zero-order chi connectivity index (χ0) is 23.0. The fourth-order valence-electron chi connectivity index (χ4n) is 4.72. The van der Waals surface area contributed by atoms with Crippen LogP contribution in [-0.4, -0.2) is 36.1 Å². The number of aryl methyl sites for hydroxylation is 2. The van der Waals surface area contributed by atoms with E-state index in [2.05, 4.69) is 25.8 Å². The molecule has 1 aliphatic heterocycles. The van der Waals surface area contributed by atoms with Crippen molar-refractivity contribution in [2.24, 2.45) is 11.3 Å². The highest BCUT2D eigenvalue weighted by atomic mass is 32.1. The van der Waals surface area contributed by atoms with Gasteiger partial charge in [0.05, 0.1) is 16.4 Å². The number of ether oxygens (including phenoxy) is 2. The van der Waals surface area contributed by atoms with Gasteiger partial charge < -0.3 is 9.47 Å². The number of esters is 1. The largest absolute Gasteiger partial charge is 0.482 e. The number of nitrogens with zero attached hydrogens (tertiary/aromatic N) is 2. The van der Waals surface area contributed by atoms with Crippen molar-refractivity contribution in [2.45, 2.75) is 66.4 Å². The summed E-state index contributed by atoms with van der Waals surface area (Å²) < 4.78 is 11.4. The van der Waals surface area contributed by atoms with Gasteiger partial charge in [-0.2, -0.15) is 0 Å². The summed E-state index contributed by atoms with van der Waals surface area (Å²) in [7, 11) is 0. The summed E-state index contributed by atoms with van der Waals surface area (Å²) in [6.45, 7) is 10.6. The highest BCUT2D eigenvalue weighted by Crippen LogP contribution is 2.39. The Bertz CT molecular complexity index is 1020. The van der Waals surface area contributed by atoms with Gasteiger partial charge in [0.1, 0.15) is 18.4 Å². The molecule has 2 aromatic rings. The summed E-state index contributed by atoms with van der Waals surface area (Å²) in [6, 6.07) is 5.67. The second-order valence-corrected chi connectivity index (χ2v) is 11.3. The zero-order valence-corrected chi connectivity index (χ0v) is 20.4. The Labute approximate surface area is 193 Å². The van der Waals surface area contributed by atoms with Crippen molar-refractivity contribution in [2.75, 3.05) is 18.1 Å². The molecule has 32 heavy (non-hydrogen) atoms. The third-order valence-electron chi connectivity index (χ3n) is 6.56. The predicted molar refractivity (Wildman–Crippen MR) is 126 cm³/mol. The van der Waals surface area contributed by atoms with Crippen LogP contribution in [0.5, 0.6) is 5.75 Å². The Hall–Kier alpha value is -2.41. The number of hydrogen-bond donors (Lipinski definition) is 0. The molecule has 0 saturated heterocycles. The lowest BCUT2D eigenvalue weighted by Crippen LogP contribution is -2.43. The number of thiazole rings is 1. The van der Waals surface area contributed by atoms with Gasteiger partial charge in [0.2, 0.25) is 0 Å². The van der Waals surface area contributed by atoms with Gasteiger partial charge in [-0.1, -0.05) is 20.8 Å². The number of carbonyl (C=O) groups excluding carboxylic acids is 2.